The van der Waals surface area contributed by atoms with Crippen LogP contribution in [0.3, 0.4) is 0 Å². The average molecular weight is 240 g/mol. The van der Waals surface area contributed by atoms with E-state index in [0.717, 1.165) is 16.4 Å². The van der Waals surface area contributed by atoms with Gasteiger partial charge in [-0.1, -0.05) is 16.4 Å². The van der Waals surface area contributed by atoms with Crippen LogP contribution >= 0.6 is 16.4 Å². The van der Waals surface area contributed by atoms with Gasteiger partial charge in [0, 0.05) is 10.6 Å². The summed E-state index contributed by atoms with van der Waals surface area (Å²) in [4.78, 5) is 0. The number of nitrogens with zero attached hydrogens (tertiary/aromatic N) is 2. The highest BCUT2D eigenvalue weighted by molar-refractivity contribution is 7.39. The van der Waals surface area contributed by atoms with Crippen molar-refractivity contribution in [2.24, 2.45) is 0 Å². The van der Waals surface area contributed by atoms with E-state index in [1.165, 1.54) is 10.6 Å². The molecule has 2 heterocycles. The fourth-order valence-electron chi connectivity index (χ4n) is 1.22. The molecule has 0 bridgehead atoms. The molecule has 16 heavy (non-hydrogen) atoms. The second-order valence-corrected chi connectivity index (χ2v) is 5.08. The molecule has 0 saturated heterocycles. The summed E-state index contributed by atoms with van der Waals surface area (Å²) >= 11 is 0. The van der Waals surface area contributed by atoms with E-state index in [0.29, 0.717) is 11.1 Å². The second-order valence-electron chi connectivity index (χ2n) is 3.09. The van der Waals surface area contributed by atoms with Gasteiger partial charge in [0.15, 0.2) is 0 Å². The third-order valence-corrected chi connectivity index (χ3v) is 4.37. The van der Waals surface area contributed by atoms with E-state index in [-0.39, 0.29) is 0 Å². The van der Waals surface area contributed by atoms with Crippen LogP contribution in [0, 0.1) is 22.7 Å². The SMILES string of the molecule is N#Cc1ccc(-c2ccc(C#N)cp2)pc1. The molecule has 0 saturated carbocycles. The summed E-state index contributed by atoms with van der Waals surface area (Å²) in [6.07, 6.45) is 0. The van der Waals surface area contributed by atoms with Crippen molar-refractivity contribution >= 4 is 16.4 Å². The van der Waals surface area contributed by atoms with E-state index in [9.17, 15) is 0 Å². The summed E-state index contributed by atoms with van der Waals surface area (Å²) in [6.45, 7) is 0. The molecular weight excluding hydrogens is 234 g/mol. The van der Waals surface area contributed by atoms with Crippen molar-refractivity contribution in [2.45, 2.75) is 0 Å². The molecule has 2 aromatic rings. The van der Waals surface area contributed by atoms with E-state index in [4.69, 9.17) is 10.5 Å². The summed E-state index contributed by atoms with van der Waals surface area (Å²) < 4.78 is 0. The van der Waals surface area contributed by atoms with E-state index in [1.54, 1.807) is 0 Å². The lowest BCUT2D eigenvalue weighted by Crippen LogP contribution is -1.73. The first-order valence-corrected chi connectivity index (χ1v) is 6.49. The highest BCUT2D eigenvalue weighted by Crippen LogP contribution is 2.34. The Morgan fingerprint density at radius 2 is 1.19 bits per heavy atom. The van der Waals surface area contributed by atoms with E-state index in [2.05, 4.69) is 12.1 Å². The van der Waals surface area contributed by atoms with Gasteiger partial charge in [-0.05, 0) is 35.9 Å². The van der Waals surface area contributed by atoms with Gasteiger partial charge in [-0.2, -0.15) is 10.5 Å². The molecule has 0 fully saturated rings. The molecular formula is C12H6N2P2. The third kappa shape index (κ3) is 2.26. The van der Waals surface area contributed by atoms with Crippen molar-refractivity contribution in [1.82, 2.24) is 0 Å². The maximum atomic E-state index is 8.70. The number of rotatable bonds is 1. The minimum absolute atomic E-state index is 0.704. The van der Waals surface area contributed by atoms with Crippen molar-refractivity contribution < 1.29 is 0 Å². The fraction of sp³-hybridized carbons (Fsp3) is 0. The standard InChI is InChI=1S/C12H6N2P2/c13-5-9-1-3-11(15-7-9)12-4-2-10(6-14)8-16-12/h1-4,7-8H. The van der Waals surface area contributed by atoms with Gasteiger partial charge in [0.2, 0.25) is 0 Å². The largest absolute Gasteiger partial charge is 0.192 e. The predicted octanol–water partition coefficient (Wildman–Crippen LogP) is 4.26. The van der Waals surface area contributed by atoms with Crippen LogP contribution in [0.4, 0.5) is 0 Å². The van der Waals surface area contributed by atoms with E-state index in [1.807, 2.05) is 35.9 Å². The molecule has 0 aliphatic carbocycles. The minimum Gasteiger partial charge on any atom is -0.192 e. The highest BCUT2D eigenvalue weighted by Gasteiger charge is 1.99. The zero-order chi connectivity index (χ0) is 11.4. The van der Waals surface area contributed by atoms with Crippen LogP contribution in [0.5, 0.6) is 0 Å². The molecule has 0 spiro atoms. The van der Waals surface area contributed by atoms with E-state index < -0.39 is 0 Å². The summed E-state index contributed by atoms with van der Waals surface area (Å²) in [7, 11) is 2.09. The summed E-state index contributed by atoms with van der Waals surface area (Å²) in [5.74, 6) is 3.80. The number of nitriles is 2. The van der Waals surface area contributed by atoms with Gasteiger partial charge < -0.3 is 0 Å². The Hall–Kier alpha value is -1.72. The molecule has 0 atom stereocenters. The first-order chi connectivity index (χ1) is 7.83. The van der Waals surface area contributed by atoms with Crippen LogP contribution in [-0.2, 0) is 0 Å². The Morgan fingerprint density at radius 3 is 1.44 bits per heavy atom. The van der Waals surface area contributed by atoms with Gasteiger partial charge in [-0.25, -0.2) is 0 Å². The lowest BCUT2D eigenvalue weighted by atomic mass is 10.3. The Kier molecular flexibility index (Phi) is 3.28. The van der Waals surface area contributed by atoms with Crippen LogP contribution < -0.4 is 0 Å². The van der Waals surface area contributed by atoms with Gasteiger partial charge in [-0.15, -0.1) is 0 Å². The van der Waals surface area contributed by atoms with Crippen LogP contribution in [0.25, 0.3) is 10.6 Å². The molecule has 4 heteroatoms. The van der Waals surface area contributed by atoms with Crippen molar-refractivity contribution in [3.63, 3.8) is 0 Å². The third-order valence-electron chi connectivity index (χ3n) is 2.05. The fourth-order valence-corrected chi connectivity index (χ4v) is 3.15. The highest BCUT2D eigenvalue weighted by atomic mass is 31.0. The average Bonchev–Trinajstić information content (AvgIpc) is 2.39. The molecule has 0 N–H and O–H groups in total. The van der Waals surface area contributed by atoms with Gasteiger partial charge in [0.25, 0.3) is 0 Å². The molecule has 74 valence electrons. The zero-order valence-corrected chi connectivity index (χ0v) is 10.0. The van der Waals surface area contributed by atoms with E-state index >= 15 is 0 Å². The Morgan fingerprint density at radius 1 is 0.750 bits per heavy atom. The van der Waals surface area contributed by atoms with Crippen molar-refractivity contribution in [3.8, 4) is 22.7 Å². The Labute approximate surface area is 97.0 Å². The number of hydrogen-bond acceptors (Lipinski definition) is 2. The normalized spacial score (nSPS) is 10.1. The molecule has 2 rings (SSSR count). The van der Waals surface area contributed by atoms with Gasteiger partial charge in [0.1, 0.15) is 0 Å². The maximum absolute atomic E-state index is 8.70. The molecule has 2 aromatic heterocycles. The van der Waals surface area contributed by atoms with Crippen molar-refractivity contribution in [3.05, 3.63) is 47.0 Å². The van der Waals surface area contributed by atoms with Crippen molar-refractivity contribution in [1.29, 1.82) is 10.5 Å². The van der Waals surface area contributed by atoms with Crippen LogP contribution in [0.1, 0.15) is 11.1 Å². The van der Waals surface area contributed by atoms with Crippen LogP contribution in [0.15, 0.2) is 35.9 Å². The molecule has 0 aromatic carbocycles. The number of hydrogen-bond donors (Lipinski definition) is 0. The summed E-state index contributed by atoms with van der Waals surface area (Å²) in [6, 6.07) is 11.8. The van der Waals surface area contributed by atoms with Crippen LogP contribution in [-0.4, -0.2) is 0 Å². The quantitative estimate of drug-likeness (QED) is 0.747. The van der Waals surface area contributed by atoms with Gasteiger partial charge in [-0.3, -0.25) is 0 Å². The molecule has 0 unspecified atom stereocenters. The Bertz CT molecular complexity index is 519. The van der Waals surface area contributed by atoms with Crippen LogP contribution in [0.2, 0.25) is 0 Å². The monoisotopic (exact) mass is 240 g/mol. The molecule has 0 radical (unpaired) electrons. The van der Waals surface area contributed by atoms with Crippen molar-refractivity contribution in [2.75, 3.05) is 0 Å². The lowest BCUT2D eigenvalue weighted by molar-refractivity contribution is 1.50. The summed E-state index contributed by atoms with van der Waals surface area (Å²) in [5, 5.41) is 19.8. The topological polar surface area (TPSA) is 47.6 Å². The zero-order valence-electron chi connectivity index (χ0n) is 8.25. The smallest absolute Gasteiger partial charge is 0.0995 e. The predicted molar refractivity (Wildman–Crippen MR) is 66.3 cm³/mol. The molecule has 2 nitrogen and oxygen atoms in total. The first-order valence-electron chi connectivity index (χ1n) is 4.56. The van der Waals surface area contributed by atoms with Gasteiger partial charge >= 0.3 is 0 Å². The second kappa shape index (κ2) is 4.87. The van der Waals surface area contributed by atoms with Gasteiger partial charge in [0.05, 0.1) is 23.3 Å². The first kappa shape index (κ1) is 10.8. The Balaban J connectivity index is 2.36. The molecule has 0 aliphatic heterocycles. The molecule has 0 aliphatic rings. The summed E-state index contributed by atoms with van der Waals surface area (Å²) in [5.41, 5.74) is 1.41. The minimum atomic E-state index is 0.704. The molecule has 0 amide bonds. The maximum Gasteiger partial charge on any atom is 0.0995 e. The lowest BCUT2D eigenvalue weighted by Gasteiger charge is -1.99.